The fraction of sp³-hybridized carbons (Fsp3) is 0.435. The molecule has 0 radical (unpaired) electrons. The molecule has 1 amide bonds. The summed E-state index contributed by atoms with van der Waals surface area (Å²) in [7, 11) is -3.94. The van der Waals surface area contributed by atoms with Crippen LogP contribution in [0.4, 0.5) is 5.69 Å². The smallest absolute Gasteiger partial charge is 0.264 e. The molecular formula is C23H27ClN2O3S. The molecule has 1 N–H and O–H groups in total. The molecule has 3 atom stereocenters. The van der Waals surface area contributed by atoms with E-state index in [1.54, 1.807) is 49.4 Å². The van der Waals surface area contributed by atoms with Gasteiger partial charge in [0.25, 0.3) is 10.0 Å². The van der Waals surface area contributed by atoms with E-state index >= 15 is 0 Å². The summed E-state index contributed by atoms with van der Waals surface area (Å²) in [4.78, 5) is 13.1. The van der Waals surface area contributed by atoms with Gasteiger partial charge in [0.15, 0.2) is 0 Å². The molecule has 0 aliphatic heterocycles. The SMILES string of the molecule is Cc1ccc(S(=O)(=O)N(CC(=O)N[C@@H]2C[C@H]3CC[C@@H]2C3)c2cccc(Cl)c2C)cc1. The van der Waals surface area contributed by atoms with Crippen molar-refractivity contribution in [2.24, 2.45) is 11.8 Å². The minimum Gasteiger partial charge on any atom is -0.352 e. The first-order chi connectivity index (χ1) is 14.3. The van der Waals surface area contributed by atoms with Gasteiger partial charge >= 0.3 is 0 Å². The number of carbonyl (C=O) groups is 1. The van der Waals surface area contributed by atoms with Crippen molar-refractivity contribution in [3.05, 3.63) is 58.6 Å². The van der Waals surface area contributed by atoms with Crippen molar-refractivity contribution in [3.63, 3.8) is 0 Å². The van der Waals surface area contributed by atoms with E-state index in [1.807, 2.05) is 6.92 Å². The van der Waals surface area contributed by atoms with Crippen molar-refractivity contribution in [1.82, 2.24) is 5.32 Å². The highest BCUT2D eigenvalue weighted by molar-refractivity contribution is 7.92. The summed E-state index contributed by atoms with van der Waals surface area (Å²) < 4.78 is 28.2. The number of amides is 1. The molecule has 5 nitrogen and oxygen atoms in total. The van der Waals surface area contributed by atoms with Gasteiger partial charge in [0.1, 0.15) is 6.54 Å². The Labute approximate surface area is 183 Å². The number of rotatable bonds is 6. The van der Waals surface area contributed by atoms with Gasteiger partial charge in [0.05, 0.1) is 10.6 Å². The van der Waals surface area contributed by atoms with E-state index in [-0.39, 0.29) is 23.4 Å². The molecule has 0 heterocycles. The first-order valence-corrected chi connectivity index (χ1v) is 12.2. The topological polar surface area (TPSA) is 66.5 Å². The van der Waals surface area contributed by atoms with Crippen molar-refractivity contribution in [3.8, 4) is 0 Å². The molecule has 30 heavy (non-hydrogen) atoms. The van der Waals surface area contributed by atoms with Crippen LogP contribution in [0.2, 0.25) is 5.02 Å². The van der Waals surface area contributed by atoms with Crippen molar-refractivity contribution in [2.75, 3.05) is 10.8 Å². The standard InChI is InChI=1S/C23H27ClN2O3S/c1-15-6-10-19(11-7-15)30(28,29)26(22-5-3-4-20(24)16(22)2)14-23(27)25-21-13-17-8-9-18(21)12-17/h3-7,10-11,17-18,21H,8-9,12-14H2,1-2H3,(H,25,27)/t17-,18+,21+/m0/s1. The molecule has 160 valence electrons. The highest BCUT2D eigenvalue weighted by atomic mass is 35.5. The van der Waals surface area contributed by atoms with Crippen LogP contribution in [0, 0.1) is 25.7 Å². The number of benzene rings is 2. The van der Waals surface area contributed by atoms with Crippen molar-refractivity contribution < 1.29 is 13.2 Å². The second-order valence-corrected chi connectivity index (χ2v) is 10.8. The Hall–Kier alpha value is -2.05. The predicted molar refractivity (Wildman–Crippen MR) is 119 cm³/mol. The van der Waals surface area contributed by atoms with Crippen molar-refractivity contribution >= 4 is 33.2 Å². The second kappa shape index (κ2) is 8.23. The molecule has 0 spiro atoms. The summed E-state index contributed by atoms with van der Waals surface area (Å²) in [6, 6.07) is 11.9. The number of nitrogens with one attached hydrogen (secondary N) is 1. The van der Waals surface area contributed by atoms with Gasteiger partial charge in [-0.3, -0.25) is 9.10 Å². The minimum atomic E-state index is -3.94. The second-order valence-electron chi connectivity index (χ2n) is 8.56. The molecule has 2 bridgehead atoms. The van der Waals surface area contributed by atoms with Crippen LogP contribution in [0.15, 0.2) is 47.4 Å². The molecular weight excluding hydrogens is 420 g/mol. The number of hydrogen-bond donors (Lipinski definition) is 1. The molecule has 2 saturated carbocycles. The summed E-state index contributed by atoms with van der Waals surface area (Å²) in [6.45, 7) is 3.40. The zero-order chi connectivity index (χ0) is 21.5. The Morgan fingerprint density at radius 2 is 1.83 bits per heavy atom. The van der Waals surface area contributed by atoms with Crippen LogP contribution in [0.5, 0.6) is 0 Å². The number of aryl methyl sites for hydroxylation is 1. The van der Waals surface area contributed by atoms with Crippen LogP contribution < -0.4 is 9.62 Å². The zero-order valence-electron chi connectivity index (χ0n) is 17.3. The van der Waals surface area contributed by atoms with Crippen LogP contribution in [0.3, 0.4) is 0 Å². The molecule has 4 rings (SSSR count). The summed E-state index contributed by atoms with van der Waals surface area (Å²) in [5, 5.41) is 3.56. The van der Waals surface area contributed by atoms with Gasteiger partial charge in [-0.2, -0.15) is 0 Å². The fourth-order valence-corrected chi connectivity index (χ4v) is 6.46. The van der Waals surface area contributed by atoms with Gasteiger partial charge in [0.2, 0.25) is 5.91 Å². The Morgan fingerprint density at radius 3 is 2.47 bits per heavy atom. The monoisotopic (exact) mass is 446 g/mol. The maximum absolute atomic E-state index is 13.5. The Balaban J connectivity index is 1.64. The summed E-state index contributed by atoms with van der Waals surface area (Å²) >= 11 is 6.27. The van der Waals surface area contributed by atoms with Crippen LogP contribution >= 0.6 is 11.6 Å². The first-order valence-electron chi connectivity index (χ1n) is 10.4. The average molecular weight is 447 g/mol. The molecule has 0 aromatic heterocycles. The highest BCUT2D eigenvalue weighted by Gasteiger charge is 2.40. The number of nitrogens with zero attached hydrogens (tertiary/aromatic N) is 1. The lowest BCUT2D eigenvalue weighted by atomic mass is 9.95. The third-order valence-electron chi connectivity index (χ3n) is 6.49. The minimum absolute atomic E-state index is 0.153. The summed E-state index contributed by atoms with van der Waals surface area (Å²) in [5.41, 5.74) is 2.02. The lowest BCUT2D eigenvalue weighted by molar-refractivity contribution is -0.120. The van der Waals surface area contributed by atoms with Gasteiger partial charge < -0.3 is 5.32 Å². The van der Waals surface area contributed by atoms with E-state index in [2.05, 4.69) is 5.32 Å². The maximum atomic E-state index is 13.5. The fourth-order valence-electron chi connectivity index (χ4n) is 4.81. The Bertz CT molecular complexity index is 1050. The number of hydrogen-bond acceptors (Lipinski definition) is 3. The third kappa shape index (κ3) is 4.08. The lowest BCUT2D eigenvalue weighted by Gasteiger charge is -2.28. The number of halogens is 1. The molecule has 2 fully saturated rings. The van der Waals surface area contributed by atoms with E-state index in [0.717, 1.165) is 18.4 Å². The lowest BCUT2D eigenvalue weighted by Crippen LogP contribution is -2.46. The highest BCUT2D eigenvalue weighted by Crippen LogP contribution is 2.44. The normalized spacial score (nSPS) is 22.8. The third-order valence-corrected chi connectivity index (χ3v) is 8.67. The van der Waals surface area contributed by atoms with Gasteiger partial charge in [-0.25, -0.2) is 8.42 Å². The first kappa shape index (κ1) is 21.2. The molecule has 2 aromatic carbocycles. The molecule has 0 saturated heterocycles. The average Bonchev–Trinajstić information content (AvgIpc) is 3.32. The zero-order valence-corrected chi connectivity index (χ0v) is 18.8. The van der Waals surface area contributed by atoms with Crippen molar-refractivity contribution in [1.29, 1.82) is 0 Å². The molecule has 2 aliphatic rings. The van der Waals surface area contributed by atoms with E-state index in [1.165, 1.54) is 17.1 Å². The van der Waals surface area contributed by atoms with Crippen LogP contribution in [-0.2, 0) is 14.8 Å². The van der Waals surface area contributed by atoms with E-state index in [9.17, 15) is 13.2 Å². The summed E-state index contributed by atoms with van der Waals surface area (Å²) in [5.74, 6) is 0.944. The summed E-state index contributed by atoms with van der Waals surface area (Å²) in [6.07, 6.45) is 4.56. The van der Waals surface area contributed by atoms with Gasteiger partial charge in [-0.1, -0.05) is 41.8 Å². The van der Waals surface area contributed by atoms with Crippen LogP contribution in [0.25, 0.3) is 0 Å². The van der Waals surface area contributed by atoms with Gasteiger partial charge in [-0.15, -0.1) is 0 Å². The van der Waals surface area contributed by atoms with Crippen molar-refractivity contribution in [2.45, 2.75) is 50.5 Å². The number of fused-ring (bicyclic) bond motifs is 2. The molecule has 7 heteroatoms. The molecule has 0 unspecified atom stereocenters. The van der Waals surface area contributed by atoms with E-state index < -0.39 is 10.0 Å². The predicted octanol–water partition coefficient (Wildman–Crippen LogP) is 4.46. The van der Waals surface area contributed by atoms with E-state index in [4.69, 9.17) is 11.6 Å². The molecule has 2 aromatic rings. The quantitative estimate of drug-likeness (QED) is 0.712. The van der Waals surface area contributed by atoms with Crippen LogP contribution in [-0.4, -0.2) is 26.9 Å². The van der Waals surface area contributed by atoms with Gasteiger partial charge in [-0.05, 0) is 74.8 Å². The number of anilines is 1. The van der Waals surface area contributed by atoms with E-state index in [0.29, 0.717) is 28.1 Å². The largest absolute Gasteiger partial charge is 0.352 e. The van der Waals surface area contributed by atoms with Gasteiger partial charge in [0, 0.05) is 11.1 Å². The Kier molecular flexibility index (Phi) is 5.82. The molecule has 2 aliphatic carbocycles. The van der Waals surface area contributed by atoms with Crippen LogP contribution in [0.1, 0.15) is 36.8 Å². The maximum Gasteiger partial charge on any atom is 0.264 e. The number of carbonyl (C=O) groups excluding carboxylic acids is 1. The Morgan fingerprint density at radius 1 is 1.10 bits per heavy atom. The number of sulfonamides is 1.